The smallest absolute Gasteiger partial charge is 0.123 e. The van der Waals surface area contributed by atoms with Crippen LogP contribution in [0.25, 0.3) is 10.6 Å². The number of hydrogen-bond donors (Lipinski definition) is 1. The molecule has 1 unspecified atom stereocenters. The SMILES string of the molecule is COCC(Nc1cccc(-c2nccs2)c1)C(C)C. The molecule has 102 valence electrons. The molecule has 19 heavy (non-hydrogen) atoms. The van der Waals surface area contributed by atoms with Crippen molar-refractivity contribution in [3.05, 3.63) is 35.8 Å². The maximum atomic E-state index is 5.27. The van der Waals surface area contributed by atoms with Crippen molar-refractivity contribution in [2.24, 2.45) is 5.92 Å². The normalized spacial score (nSPS) is 12.6. The number of aromatic nitrogens is 1. The van der Waals surface area contributed by atoms with E-state index in [9.17, 15) is 0 Å². The van der Waals surface area contributed by atoms with E-state index >= 15 is 0 Å². The van der Waals surface area contributed by atoms with Crippen LogP contribution in [-0.2, 0) is 4.74 Å². The van der Waals surface area contributed by atoms with Gasteiger partial charge in [-0.1, -0.05) is 26.0 Å². The van der Waals surface area contributed by atoms with Crippen LogP contribution in [0.5, 0.6) is 0 Å². The topological polar surface area (TPSA) is 34.1 Å². The predicted molar refractivity (Wildman–Crippen MR) is 81.7 cm³/mol. The summed E-state index contributed by atoms with van der Waals surface area (Å²) in [7, 11) is 1.74. The molecule has 0 fully saturated rings. The molecule has 0 saturated heterocycles. The first-order chi connectivity index (χ1) is 9.20. The Morgan fingerprint density at radius 1 is 1.37 bits per heavy atom. The minimum Gasteiger partial charge on any atom is -0.383 e. The average Bonchev–Trinajstić information content (AvgIpc) is 2.92. The molecule has 0 aliphatic rings. The van der Waals surface area contributed by atoms with Crippen LogP contribution in [-0.4, -0.2) is 24.7 Å². The summed E-state index contributed by atoms with van der Waals surface area (Å²) in [5.41, 5.74) is 2.27. The van der Waals surface area contributed by atoms with Crippen LogP contribution in [0.3, 0.4) is 0 Å². The predicted octanol–water partition coefficient (Wildman–Crippen LogP) is 3.89. The van der Waals surface area contributed by atoms with Gasteiger partial charge in [-0.05, 0) is 18.1 Å². The Morgan fingerprint density at radius 3 is 2.84 bits per heavy atom. The number of benzene rings is 1. The molecule has 1 atom stereocenters. The van der Waals surface area contributed by atoms with Gasteiger partial charge in [0, 0.05) is 29.9 Å². The van der Waals surface area contributed by atoms with Gasteiger partial charge in [0.15, 0.2) is 0 Å². The summed E-state index contributed by atoms with van der Waals surface area (Å²) < 4.78 is 5.27. The van der Waals surface area contributed by atoms with E-state index < -0.39 is 0 Å². The highest BCUT2D eigenvalue weighted by Gasteiger charge is 2.13. The summed E-state index contributed by atoms with van der Waals surface area (Å²) in [6, 6.07) is 8.69. The Labute approximate surface area is 118 Å². The molecule has 1 aromatic heterocycles. The highest BCUT2D eigenvalue weighted by atomic mass is 32.1. The molecule has 1 N–H and O–H groups in total. The maximum absolute atomic E-state index is 5.27. The van der Waals surface area contributed by atoms with Crippen LogP contribution in [0.1, 0.15) is 13.8 Å². The molecule has 4 heteroatoms. The van der Waals surface area contributed by atoms with Gasteiger partial charge in [-0.25, -0.2) is 4.98 Å². The Bertz CT molecular complexity index is 497. The first-order valence-corrected chi connectivity index (χ1v) is 7.34. The largest absolute Gasteiger partial charge is 0.383 e. The quantitative estimate of drug-likeness (QED) is 0.869. The van der Waals surface area contributed by atoms with E-state index in [-0.39, 0.29) is 0 Å². The zero-order valence-corrected chi connectivity index (χ0v) is 12.4. The highest BCUT2D eigenvalue weighted by Crippen LogP contribution is 2.25. The zero-order chi connectivity index (χ0) is 13.7. The summed E-state index contributed by atoms with van der Waals surface area (Å²) in [5.74, 6) is 0.517. The number of rotatable bonds is 6. The lowest BCUT2D eigenvalue weighted by molar-refractivity contribution is 0.171. The fraction of sp³-hybridized carbons (Fsp3) is 0.400. The van der Waals surface area contributed by atoms with E-state index in [1.165, 1.54) is 0 Å². The molecule has 1 aromatic carbocycles. The number of nitrogens with zero attached hydrogens (tertiary/aromatic N) is 1. The summed E-state index contributed by atoms with van der Waals surface area (Å²) in [5, 5.41) is 6.58. The second-order valence-corrected chi connectivity index (χ2v) is 5.76. The van der Waals surface area contributed by atoms with Gasteiger partial charge in [-0.3, -0.25) is 0 Å². The van der Waals surface area contributed by atoms with Crippen LogP contribution < -0.4 is 5.32 Å². The number of thiazole rings is 1. The molecule has 0 radical (unpaired) electrons. The molecule has 0 bridgehead atoms. The standard InChI is InChI=1S/C15H20N2OS/c1-11(2)14(10-18-3)17-13-6-4-5-12(9-13)15-16-7-8-19-15/h4-9,11,14,17H,10H2,1-3H3. The number of methoxy groups -OCH3 is 1. The lowest BCUT2D eigenvalue weighted by Gasteiger charge is -2.23. The fourth-order valence-electron chi connectivity index (χ4n) is 1.90. The van der Waals surface area contributed by atoms with Crippen LogP contribution >= 0.6 is 11.3 Å². The second-order valence-electron chi connectivity index (χ2n) is 4.87. The van der Waals surface area contributed by atoms with Crippen LogP contribution in [0.4, 0.5) is 5.69 Å². The van der Waals surface area contributed by atoms with Gasteiger partial charge in [0.1, 0.15) is 5.01 Å². The van der Waals surface area contributed by atoms with E-state index in [0.29, 0.717) is 18.6 Å². The van der Waals surface area contributed by atoms with Crippen molar-refractivity contribution < 1.29 is 4.74 Å². The molecular formula is C15H20N2OS. The van der Waals surface area contributed by atoms with Gasteiger partial charge >= 0.3 is 0 Å². The molecule has 3 nitrogen and oxygen atoms in total. The summed E-state index contributed by atoms with van der Waals surface area (Å²) in [4.78, 5) is 4.34. The number of nitrogens with one attached hydrogen (secondary N) is 1. The number of ether oxygens (including phenoxy) is 1. The molecule has 2 rings (SSSR count). The number of hydrogen-bond acceptors (Lipinski definition) is 4. The third kappa shape index (κ3) is 3.78. The van der Waals surface area contributed by atoms with Gasteiger partial charge in [0.25, 0.3) is 0 Å². The van der Waals surface area contributed by atoms with Crippen molar-refractivity contribution >= 4 is 17.0 Å². The van der Waals surface area contributed by atoms with Gasteiger partial charge in [-0.15, -0.1) is 11.3 Å². The summed E-state index contributed by atoms with van der Waals surface area (Å²) in [6.45, 7) is 5.10. The summed E-state index contributed by atoms with van der Waals surface area (Å²) in [6.07, 6.45) is 1.84. The van der Waals surface area contributed by atoms with E-state index in [1.54, 1.807) is 18.4 Å². The van der Waals surface area contributed by atoms with Crippen molar-refractivity contribution in [1.82, 2.24) is 4.98 Å². The minimum atomic E-state index is 0.316. The van der Waals surface area contributed by atoms with Crippen molar-refractivity contribution in [3.63, 3.8) is 0 Å². The van der Waals surface area contributed by atoms with E-state index in [4.69, 9.17) is 4.74 Å². The third-order valence-corrected chi connectivity index (χ3v) is 3.87. The fourth-order valence-corrected chi connectivity index (χ4v) is 2.54. The number of anilines is 1. The van der Waals surface area contributed by atoms with E-state index in [1.807, 2.05) is 11.6 Å². The molecule has 2 aromatic rings. The average molecular weight is 276 g/mol. The molecular weight excluding hydrogens is 256 g/mol. The first kappa shape index (κ1) is 14.0. The van der Waals surface area contributed by atoms with Crippen LogP contribution in [0, 0.1) is 5.92 Å². The first-order valence-electron chi connectivity index (χ1n) is 6.46. The third-order valence-electron chi connectivity index (χ3n) is 3.04. The van der Waals surface area contributed by atoms with Gasteiger partial charge in [0.05, 0.1) is 12.6 Å². The minimum absolute atomic E-state index is 0.316. The van der Waals surface area contributed by atoms with E-state index in [2.05, 4.69) is 48.4 Å². The molecule has 1 heterocycles. The highest BCUT2D eigenvalue weighted by molar-refractivity contribution is 7.13. The molecule has 0 aliphatic carbocycles. The molecule has 0 aliphatic heterocycles. The lowest BCUT2D eigenvalue weighted by atomic mass is 10.0. The zero-order valence-electron chi connectivity index (χ0n) is 11.6. The molecule has 0 amide bonds. The van der Waals surface area contributed by atoms with Crippen molar-refractivity contribution in [1.29, 1.82) is 0 Å². The van der Waals surface area contributed by atoms with E-state index in [0.717, 1.165) is 16.3 Å². The van der Waals surface area contributed by atoms with Crippen molar-refractivity contribution in [2.75, 3.05) is 19.0 Å². The van der Waals surface area contributed by atoms with Crippen molar-refractivity contribution in [3.8, 4) is 10.6 Å². The second kappa shape index (κ2) is 6.68. The molecule has 0 spiro atoms. The Morgan fingerprint density at radius 2 is 2.21 bits per heavy atom. The van der Waals surface area contributed by atoms with Crippen LogP contribution in [0.2, 0.25) is 0 Å². The molecule has 0 saturated carbocycles. The Kier molecular flexibility index (Phi) is 4.93. The van der Waals surface area contributed by atoms with Crippen molar-refractivity contribution in [2.45, 2.75) is 19.9 Å². The van der Waals surface area contributed by atoms with Gasteiger partial charge < -0.3 is 10.1 Å². The van der Waals surface area contributed by atoms with Crippen LogP contribution in [0.15, 0.2) is 35.8 Å². The monoisotopic (exact) mass is 276 g/mol. The lowest BCUT2D eigenvalue weighted by Crippen LogP contribution is -2.30. The Balaban J connectivity index is 2.14. The Hall–Kier alpha value is -1.39. The van der Waals surface area contributed by atoms with Gasteiger partial charge in [-0.2, -0.15) is 0 Å². The van der Waals surface area contributed by atoms with Gasteiger partial charge in [0.2, 0.25) is 0 Å². The summed E-state index contributed by atoms with van der Waals surface area (Å²) >= 11 is 1.66. The maximum Gasteiger partial charge on any atom is 0.123 e.